The number of benzene rings is 1. The minimum atomic E-state index is -2.48. The SMILES string of the molecule is NCc1ccc(OCC(F)F)cc1Cl. The van der Waals surface area contributed by atoms with Gasteiger partial charge < -0.3 is 10.5 Å². The van der Waals surface area contributed by atoms with E-state index in [9.17, 15) is 8.78 Å². The van der Waals surface area contributed by atoms with Gasteiger partial charge in [0.1, 0.15) is 12.4 Å². The van der Waals surface area contributed by atoms with Gasteiger partial charge in [0, 0.05) is 11.6 Å². The maximum atomic E-state index is 11.8. The molecule has 0 bridgehead atoms. The van der Waals surface area contributed by atoms with Crippen LogP contribution in [0.15, 0.2) is 18.2 Å². The summed E-state index contributed by atoms with van der Waals surface area (Å²) in [6.07, 6.45) is -2.48. The minimum absolute atomic E-state index is 0.313. The normalized spacial score (nSPS) is 10.6. The molecule has 2 nitrogen and oxygen atoms in total. The summed E-state index contributed by atoms with van der Waals surface area (Å²) in [7, 11) is 0. The van der Waals surface area contributed by atoms with Crippen molar-refractivity contribution in [2.24, 2.45) is 5.73 Å². The molecule has 0 saturated heterocycles. The highest BCUT2D eigenvalue weighted by Crippen LogP contribution is 2.22. The molecule has 0 unspecified atom stereocenters. The Balaban J connectivity index is 2.66. The van der Waals surface area contributed by atoms with Crippen molar-refractivity contribution in [2.75, 3.05) is 6.61 Å². The Morgan fingerprint density at radius 3 is 2.64 bits per heavy atom. The van der Waals surface area contributed by atoms with Gasteiger partial charge in [-0.1, -0.05) is 17.7 Å². The van der Waals surface area contributed by atoms with Crippen molar-refractivity contribution in [1.29, 1.82) is 0 Å². The van der Waals surface area contributed by atoms with Crippen LogP contribution in [0, 0.1) is 0 Å². The molecule has 0 aliphatic rings. The van der Waals surface area contributed by atoms with Gasteiger partial charge in [-0.15, -0.1) is 0 Å². The third-order valence-corrected chi connectivity index (χ3v) is 1.97. The van der Waals surface area contributed by atoms with Crippen LogP contribution >= 0.6 is 11.6 Å². The highest BCUT2D eigenvalue weighted by molar-refractivity contribution is 6.31. The molecule has 1 aromatic carbocycles. The summed E-state index contributed by atoms with van der Waals surface area (Å²) < 4.78 is 28.3. The summed E-state index contributed by atoms with van der Waals surface area (Å²) in [6.45, 7) is -0.313. The van der Waals surface area contributed by atoms with Gasteiger partial charge in [-0.25, -0.2) is 8.78 Å². The summed E-state index contributed by atoms with van der Waals surface area (Å²) in [5.41, 5.74) is 6.14. The van der Waals surface area contributed by atoms with E-state index in [2.05, 4.69) is 0 Å². The third kappa shape index (κ3) is 3.12. The van der Waals surface area contributed by atoms with Crippen LogP contribution < -0.4 is 10.5 Å². The number of hydrogen-bond acceptors (Lipinski definition) is 2. The fourth-order valence-corrected chi connectivity index (χ4v) is 1.19. The van der Waals surface area contributed by atoms with Crippen molar-refractivity contribution < 1.29 is 13.5 Å². The van der Waals surface area contributed by atoms with Crippen molar-refractivity contribution in [2.45, 2.75) is 13.0 Å². The molecule has 0 spiro atoms. The fourth-order valence-electron chi connectivity index (χ4n) is 0.943. The lowest BCUT2D eigenvalue weighted by molar-refractivity contribution is 0.0819. The highest BCUT2D eigenvalue weighted by Gasteiger charge is 2.05. The first-order valence-electron chi connectivity index (χ1n) is 4.03. The summed E-state index contributed by atoms with van der Waals surface area (Å²) in [6, 6.07) is 4.70. The summed E-state index contributed by atoms with van der Waals surface area (Å²) in [5, 5.41) is 0.430. The molecular weight excluding hydrogens is 212 g/mol. The largest absolute Gasteiger partial charge is 0.488 e. The Bertz CT molecular complexity index is 307. The first-order valence-corrected chi connectivity index (χ1v) is 4.40. The lowest BCUT2D eigenvalue weighted by atomic mass is 10.2. The van der Waals surface area contributed by atoms with E-state index >= 15 is 0 Å². The molecule has 0 heterocycles. The van der Waals surface area contributed by atoms with E-state index in [0.29, 0.717) is 17.3 Å². The lowest BCUT2D eigenvalue weighted by Gasteiger charge is -2.07. The van der Waals surface area contributed by atoms with Crippen LogP contribution in [0.1, 0.15) is 5.56 Å². The second-order valence-electron chi connectivity index (χ2n) is 2.66. The van der Waals surface area contributed by atoms with Crippen molar-refractivity contribution in [1.82, 2.24) is 0 Å². The average molecular weight is 222 g/mol. The number of halogens is 3. The van der Waals surface area contributed by atoms with Gasteiger partial charge in [-0.2, -0.15) is 0 Å². The molecule has 78 valence electrons. The van der Waals surface area contributed by atoms with Crippen LogP contribution in [-0.4, -0.2) is 13.0 Å². The molecule has 5 heteroatoms. The molecule has 0 aliphatic carbocycles. The summed E-state index contributed by atoms with van der Waals surface area (Å²) in [4.78, 5) is 0. The van der Waals surface area contributed by atoms with Gasteiger partial charge in [0.05, 0.1) is 0 Å². The number of ether oxygens (including phenoxy) is 1. The van der Waals surface area contributed by atoms with E-state index in [-0.39, 0.29) is 0 Å². The second kappa shape index (κ2) is 5.12. The Hall–Kier alpha value is -0.870. The average Bonchev–Trinajstić information content (AvgIpc) is 2.15. The van der Waals surface area contributed by atoms with Gasteiger partial charge in [0.2, 0.25) is 0 Å². The Morgan fingerprint density at radius 1 is 1.43 bits per heavy atom. The number of nitrogens with two attached hydrogens (primary N) is 1. The molecule has 0 saturated carbocycles. The first-order chi connectivity index (χ1) is 6.63. The van der Waals surface area contributed by atoms with E-state index in [1.807, 2.05) is 0 Å². The Labute approximate surface area is 85.6 Å². The van der Waals surface area contributed by atoms with E-state index in [0.717, 1.165) is 5.56 Å². The molecule has 0 aliphatic heterocycles. The Morgan fingerprint density at radius 2 is 2.14 bits per heavy atom. The van der Waals surface area contributed by atoms with E-state index in [4.69, 9.17) is 22.1 Å². The molecule has 14 heavy (non-hydrogen) atoms. The van der Waals surface area contributed by atoms with Gasteiger partial charge >= 0.3 is 0 Å². The number of rotatable bonds is 4. The number of hydrogen-bond donors (Lipinski definition) is 1. The molecular formula is C9H10ClF2NO. The zero-order chi connectivity index (χ0) is 10.6. The van der Waals surface area contributed by atoms with E-state index in [1.54, 1.807) is 12.1 Å². The molecule has 1 aromatic rings. The van der Waals surface area contributed by atoms with E-state index in [1.165, 1.54) is 6.07 Å². The van der Waals surface area contributed by atoms with Gasteiger partial charge in [-0.3, -0.25) is 0 Å². The molecule has 0 fully saturated rings. The Kier molecular flexibility index (Phi) is 4.10. The van der Waals surface area contributed by atoms with Gasteiger partial charge in [-0.05, 0) is 17.7 Å². The summed E-state index contributed by atoms with van der Waals surface area (Å²) >= 11 is 5.80. The molecule has 0 radical (unpaired) electrons. The predicted molar refractivity (Wildman–Crippen MR) is 50.8 cm³/mol. The highest BCUT2D eigenvalue weighted by atomic mass is 35.5. The lowest BCUT2D eigenvalue weighted by Crippen LogP contribution is -2.07. The number of alkyl halides is 2. The van der Waals surface area contributed by atoms with Crippen LogP contribution in [0.25, 0.3) is 0 Å². The van der Waals surface area contributed by atoms with Crippen LogP contribution in [0.3, 0.4) is 0 Å². The van der Waals surface area contributed by atoms with Crippen molar-refractivity contribution in [3.63, 3.8) is 0 Å². The van der Waals surface area contributed by atoms with Gasteiger partial charge in [0.15, 0.2) is 0 Å². The quantitative estimate of drug-likeness (QED) is 0.848. The van der Waals surface area contributed by atoms with Crippen molar-refractivity contribution >= 4 is 11.6 Å². The van der Waals surface area contributed by atoms with Crippen molar-refractivity contribution in [3.05, 3.63) is 28.8 Å². The minimum Gasteiger partial charge on any atom is -0.488 e. The van der Waals surface area contributed by atoms with Crippen molar-refractivity contribution in [3.8, 4) is 5.75 Å². The van der Waals surface area contributed by atoms with Crippen LogP contribution in [0.4, 0.5) is 8.78 Å². The van der Waals surface area contributed by atoms with Crippen LogP contribution in [-0.2, 0) is 6.54 Å². The molecule has 0 amide bonds. The third-order valence-electron chi connectivity index (χ3n) is 1.62. The smallest absolute Gasteiger partial charge is 0.272 e. The van der Waals surface area contributed by atoms with E-state index < -0.39 is 13.0 Å². The van der Waals surface area contributed by atoms with Gasteiger partial charge in [0.25, 0.3) is 6.43 Å². The fraction of sp³-hybridized carbons (Fsp3) is 0.333. The second-order valence-corrected chi connectivity index (χ2v) is 3.07. The molecule has 0 aromatic heterocycles. The van der Waals surface area contributed by atoms with Crippen LogP contribution in [0.2, 0.25) is 5.02 Å². The predicted octanol–water partition coefficient (Wildman–Crippen LogP) is 2.44. The standard InChI is InChI=1S/C9H10ClF2NO/c10-8-3-7(14-5-9(11)12)2-1-6(8)4-13/h1-3,9H,4-5,13H2. The molecule has 2 N–H and O–H groups in total. The topological polar surface area (TPSA) is 35.2 Å². The molecule has 1 rings (SSSR count). The monoisotopic (exact) mass is 221 g/mol. The first kappa shape index (κ1) is 11.2. The van der Waals surface area contributed by atoms with Crippen LogP contribution in [0.5, 0.6) is 5.75 Å². The maximum Gasteiger partial charge on any atom is 0.272 e. The zero-order valence-electron chi connectivity index (χ0n) is 7.34. The molecule has 0 atom stereocenters. The summed E-state index contributed by atoms with van der Waals surface area (Å²) in [5.74, 6) is 0.326. The zero-order valence-corrected chi connectivity index (χ0v) is 8.10. The maximum absolute atomic E-state index is 11.8.